The first-order chi connectivity index (χ1) is 17.4. The molecule has 36 heavy (non-hydrogen) atoms. The monoisotopic (exact) mass is 496 g/mol. The molecular weight excluding hydrogens is 472 g/mol. The first-order valence-corrected chi connectivity index (χ1v) is 12.3. The zero-order valence-electron chi connectivity index (χ0n) is 20.1. The van der Waals surface area contributed by atoms with E-state index in [0.717, 1.165) is 11.1 Å². The maximum absolute atomic E-state index is 14.0. The number of aryl methyl sites for hydroxylation is 2. The molecule has 0 saturated carbocycles. The Morgan fingerprint density at radius 1 is 1.00 bits per heavy atom. The highest BCUT2D eigenvalue weighted by Gasteiger charge is 2.45. The van der Waals surface area contributed by atoms with Gasteiger partial charge in [0.05, 0.1) is 29.3 Å². The fraction of sp³-hybridized carbons (Fsp3) is 0.138. The first kappa shape index (κ1) is 23.5. The van der Waals surface area contributed by atoms with Gasteiger partial charge >= 0.3 is 0 Å². The zero-order valence-corrected chi connectivity index (χ0v) is 20.9. The summed E-state index contributed by atoms with van der Waals surface area (Å²) >= 11 is 1.25. The lowest BCUT2D eigenvalue weighted by molar-refractivity contribution is -0.117. The summed E-state index contributed by atoms with van der Waals surface area (Å²) in [6.07, 6.45) is 0. The van der Waals surface area contributed by atoms with Crippen LogP contribution in [0, 0.1) is 13.8 Å². The van der Waals surface area contributed by atoms with Crippen LogP contribution in [0.2, 0.25) is 0 Å². The quantitative estimate of drug-likeness (QED) is 0.321. The van der Waals surface area contributed by atoms with Crippen LogP contribution in [0.5, 0.6) is 5.75 Å². The number of aliphatic hydroxyl groups is 1. The van der Waals surface area contributed by atoms with E-state index in [0.29, 0.717) is 32.6 Å². The number of hydrogen-bond donors (Lipinski definition) is 1. The molecule has 0 radical (unpaired) electrons. The van der Waals surface area contributed by atoms with E-state index in [2.05, 4.69) is 4.98 Å². The van der Waals surface area contributed by atoms with E-state index >= 15 is 0 Å². The highest BCUT2D eigenvalue weighted by molar-refractivity contribution is 7.17. The fourth-order valence-corrected chi connectivity index (χ4v) is 5.47. The Kier molecular flexibility index (Phi) is 6.16. The molecule has 7 heteroatoms. The predicted molar refractivity (Wildman–Crippen MR) is 141 cm³/mol. The average Bonchev–Trinajstić information content (AvgIpc) is 3.41. The molecule has 1 aliphatic heterocycles. The maximum Gasteiger partial charge on any atom is 0.294 e. The molecule has 0 bridgehead atoms. The molecule has 3 aromatic carbocycles. The number of Topliss-reactive ketones (excluding diaryl/α,β-unsaturated/α-hetero) is 1. The van der Waals surface area contributed by atoms with E-state index < -0.39 is 23.5 Å². The van der Waals surface area contributed by atoms with E-state index in [1.807, 2.05) is 61.5 Å². The normalized spacial score (nSPS) is 15.5. The van der Waals surface area contributed by atoms with Gasteiger partial charge in [-0.05, 0) is 49.2 Å². The van der Waals surface area contributed by atoms with Crippen molar-refractivity contribution in [1.82, 2.24) is 4.98 Å². The number of anilines is 1. The minimum absolute atomic E-state index is 0.0288. The Morgan fingerprint density at radius 2 is 1.75 bits per heavy atom. The summed E-state index contributed by atoms with van der Waals surface area (Å²) in [5.74, 6) is -1.01. The molecule has 180 valence electrons. The number of amides is 1. The molecular formula is C29H24N2O4S. The van der Waals surface area contributed by atoms with Gasteiger partial charge in [-0.25, -0.2) is 4.98 Å². The Balaban J connectivity index is 1.65. The van der Waals surface area contributed by atoms with E-state index in [1.54, 1.807) is 38.3 Å². The number of rotatable bonds is 6. The number of carbonyl (C=O) groups excluding carboxylic acids is 2. The smallest absolute Gasteiger partial charge is 0.294 e. The number of hydrogen-bond acceptors (Lipinski definition) is 6. The number of aromatic nitrogens is 1. The third-order valence-corrected chi connectivity index (χ3v) is 7.37. The van der Waals surface area contributed by atoms with E-state index in [9.17, 15) is 14.7 Å². The largest absolute Gasteiger partial charge is 0.503 e. The molecule has 1 aromatic heterocycles. The zero-order chi connectivity index (χ0) is 25.4. The lowest BCUT2D eigenvalue weighted by Crippen LogP contribution is -2.31. The number of benzene rings is 3. The number of aliphatic hydroxyl groups excluding tert-OH is 1. The number of carbonyl (C=O) groups is 2. The third-order valence-electron chi connectivity index (χ3n) is 6.17. The van der Waals surface area contributed by atoms with Crippen LogP contribution in [0.1, 0.15) is 32.5 Å². The van der Waals surface area contributed by atoms with Crippen molar-refractivity contribution < 1.29 is 19.4 Å². The Labute approximate surface area is 213 Å². The molecule has 1 amide bonds. The third kappa shape index (κ3) is 4.07. The molecule has 1 N–H and O–H groups in total. The van der Waals surface area contributed by atoms with Gasteiger partial charge in [-0.2, -0.15) is 0 Å². The second kappa shape index (κ2) is 9.43. The van der Waals surface area contributed by atoms with E-state index in [-0.39, 0.29) is 5.57 Å². The van der Waals surface area contributed by atoms with Gasteiger partial charge < -0.3 is 9.84 Å². The minimum atomic E-state index is -0.830. The van der Waals surface area contributed by atoms with Gasteiger partial charge in [0.25, 0.3) is 5.91 Å². The van der Waals surface area contributed by atoms with Crippen LogP contribution >= 0.6 is 11.3 Å². The van der Waals surface area contributed by atoms with Crippen molar-refractivity contribution in [3.8, 4) is 16.3 Å². The SMILES string of the molecule is COc1cccc(C2C(C(=O)c3sc(-c4ccccc4)nc3C)=C(O)C(=O)N2c2cccc(C)c2)c1. The summed E-state index contributed by atoms with van der Waals surface area (Å²) in [5, 5.41) is 11.8. The van der Waals surface area contributed by atoms with Gasteiger partial charge in [0, 0.05) is 11.3 Å². The van der Waals surface area contributed by atoms with Crippen molar-refractivity contribution in [1.29, 1.82) is 0 Å². The molecule has 0 fully saturated rings. The van der Waals surface area contributed by atoms with Crippen LogP contribution in [-0.4, -0.2) is 28.9 Å². The van der Waals surface area contributed by atoms with Crippen LogP contribution in [0.25, 0.3) is 10.6 Å². The number of nitrogens with zero attached hydrogens (tertiary/aromatic N) is 2. The fourth-order valence-electron chi connectivity index (χ4n) is 4.44. The lowest BCUT2D eigenvalue weighted by Gasteiger charge is -2.27. The predicted octanol–water partition coefficient (Wildman–Crippen LogP) is 6.22. The van der Waals surface area contributed by atoms with Crippen LogP contribution in [0.4, 0.5) is 5.69 Å². The van der Waals surface area contributed by atoms with Crippen molar-refractivity contribution in [3.05, 3.63) is 112 Å². The van der Waals surface area contributed by atoms with Crippen LogP contribution < -0.4 is 9.64 Å². The Bertz CT molecular complexity index is 1510. The second-order valence-corrected chi connectivity index (χ2v) is 9.58. The number of ketones is 1. The van der Waals surface area contributed by atoms with E-state index in [1.165, 1.54) is 16.2 Å². The molecule has 6 nitrogen and oxygen atoms in total. The summed E-state index contributed by atoms with van der Waals surface area (Å²) in [7, 11) is 1.56. The standard InChI is InChI=1S/C29H24N2O4S/c1-17-9-7-13-21(15-17)31-24(20-12-8-14-22(16-20)35-3)23(26(33)29(31)34)25(32)27-18(2)30-28(36-27)19-10-5-4-6-11-19/h4-16,24,33H,1-3H3. The van der Waals surface area contributed by atoms with E-state index in [4.69, 9.17) is 4.74 Å². The number of ether oxygens (including phenoxy) is 1. The van der Waals surface area contributed by atoms with Gasteiger partial charge in [-0.3, -0.25) is 14.5 Å². The molecule has 1 atom stereocenters. The molecule has 1 unspecified atom stereocenters. The first-order valence-electron chi connectivity index (χ1n) is 11.4. The van der Waals surface area contributed by atoms with Gasteiger partial charge in [0.15, 0.2) is 5.76 Å². The summed E-state index contributed by atoms with van der Waals surface area (Å²) in [6, 6.07) is 23.4. The molecule has 1 aliphatic rings. The maximum atomic E-state index is 14.0. The summed E-state index contributed by atoms with van der Waals surface area (Å²) in [4.78, 5) is 33.9. The van der Waals surface area contributed by atoms with Gasteiger partial charge in [0.1, 0.15) is 10.8 Å². The second-order valence-electron chi connectivity index (χ2n) is 8.58. The minimum Gasteiger partial charge on any atom is -0.503 e. The van der Waals surface area contributed by atoms with Crippen LogP contribution in [0.3, 0.4) is 0 Å². The van der Waals surface area contributed by atoms with Gasteiger partial charge in [-0.1, -0.05) is 54.6 Å². The van der Waals surface area contributed by atoms with Gasteiger partial charge in [-0.15, -0.1) is 11.3 Å². The Morgan fingerprint density at radius 3 is 2.47 bits per heavy atom. The van der Waals surface area contributed by atoms with Crippen molar-refractivity contribution >= 4 is 28.7 Å². The highest BCUT2D eigenvalue weighted by Crippen LogP contribution is 2.44. The van der Waals surface area contributed by atoms with Crippen LogP contribution in [-0.2, 0) is 4.79 Å². The number of methoxy groups -OCH3 is 1. The molecule has 2 heterocycles. The topological polar surface area (TPSA) is 79.7 Å². The molecule has 0 saturated heterocycles. The molecule has 0 aliphatic carbocycles. The number of thiazole rings is 1. The van der Waals surface area contributed by atoms with Crippen molar-refractivity contribution in [2.45, 2.75) is 19.9 Å². The van der Waals surface area contributed by atoms with Crippen molar-refractivity contribution in [3.63, 3.8) is 0 Å². The average molecular weight is 497 g/mol. The summed E-state index contributed by atoms with van der Waals surface area (Å²) in [5.41, 5.74) is 3.68. The highest BCUT2D eigenvalue weighted by atomic mass is 32.1. The van der Waals surface area contributed by atoms with Crippen molar-refractivity contribution in [2.75, 3.05) is 12.0 Å². The Hall–Kier alpha value is -4.23. The molecule has 4 aromatic rings. The van der Waals surface area contributed by atoms with Crippen LogP contribution in [0.15, 0.2) is 90.2 Å². The summed E-state index contributed by atoms with van der Waals surface area (Å²) in [6.45, 7) is 3.69. The van der Waals surface area contributed by atoms with Gasteiger partial charge in [0.2, 0.25) is 5.78 Å². The lowest BCUT2D eigenvalue weighted by atomic mass is 9.94. The van der Waals surface area contributed by atoms with Crippen molar-refractivity contribution in [2.24, 2.45) is 0 Å². The molecule has 5 rings (SSSR count). The molecule has 0 spiro atoms. The summed E-state index contributed by atoms with van der Waals surface area (Å²) < 4.78 is 5.41.